The molecule has 1 aromatic carbocycles. The molecule has 28 heavy (non-hydrogen) atoms. The van der Waals surface area contributed by atoms with Crippen LogP contribution in [0.25, 0.3) is 0 Å². The lowest BCUT2D eigenvalue weighted by atomic mass is 9.99. The first-order valence-corrected chi connectivity index (χ1v) is 10.3. The van der Waals surface area contributed by atoms with E-state index in [1.54, 1.807) is 4.90 Å². The highest BCUT2D eigenvalue weighted by molar-refractivity contribution is 6.05. The van der Waals surface area contributed by atoms with Crippen molar-refractivity contribution in [2.45, 2.75) is 50.9 Å². The zero-order valence-electron chi connectivity index (χ0n) is 15.9. The van der Waals surface area contributed by atoms with Gasteiger partial charge in [0.15, 0.2) is 0 Å². The maximum Gasteiger partial charge on any atom is 0.255 e. The lowest BCUT2D eigenvalue weighted by Crippen LogP contribution is -2.52. The number of imide groups is 1. The van der Waals surface area contributed by atoms with E-state index in [2.05, 4.69) is 16.0 Å². The highest BCUT2D eigenvalue weighted by Gasteiger charge is 2.40. The van der Waals surface area contributed by atoms with E-state index in [1.165, 1.54) is 12.8 Å². The minimum Gasteiger partial charge on any atom is -0.322 e. The molecule has 7 nitrogen and oxygen atoms in total. The lowest BCUT2D eigenvalue weighted by Gasteiger charge is -2.29. The van der Waals surface area contributed by atoms with Crippen molar-refractivity contribution in [2.24, 2.45) is 11.8 Å². The van der Waals surface area contributed by atoms with E-state index in [1.807, 2.05) is 18.2 Å². The first-order valence-electron chi connectivity index (χ1n) is 10.3. The van der Waals surface area contributed by atoms with Crippen LogP contribution < -0.4 is 16.0 Å². The molecule has 148 valence electrons. The van der Waals surface area contributed by atoms with Crippen molar-refractivity contribution in [1.29, 1.82) is 0 Å². The highest BCUT2D eigenvalue weighted by Crippen LogP contribution is 2.34. The van der Waals surface area contributed by atoms with Crippen LogP contribution in [0.15, 0.2) is 18.2 Å². The summed E-state index contributed by atoms with van der Waals surface area (Å²) < 4.78 is 0. The van der Waals surface area contributed by atoms with Crippen LogP contribution in [0.1, 0.15) is 47.2 Å². The zero-order chi connectivity index (χ0) is 19.3. The van der Waals surface area contributed by atoms with Crippen molar-refractivity contribution in [3.8, 4) is 0 Å². The van der Waals surface area contributed by atoms with E-state index in [4.69, 9.17) is 0 Å². The normalized spacial score (nSPS) is 31.9. The SMILES string of the molecule is O=C1CCC(N2Cc3cccc(CN[C@@H]4C[C@H]5CNC[C@@H]4C5)c3C2=O)C(=O)N1. The maximum atomic E-state index is 13.1. The summed E-state index contributed by atoms with van der Waals surface area (Å²) >= 11 is 0. The third kappa shape index (κ3) is 3.02. The second-order valence-electron chi connectivity index (χ2n) is 8.59. The van der Waals surface area contributed by atoms with Gasteiger partial charge in [0.25, 0.3) is 5.91 Å². The topological polar surface area (TPSA) is 90.5 Å². The molecular weight excluding hydrogens is 356 g/mol. The minimum atomic E-state index is -0.557. The van der Waals surface area contributed by atoms with E-state index in [0.717, 1.165) is 35.7 Å². The van der Waals surface area contributed by atoms with Crippen molar-refractivity contribution < 1.29 is 14.4 Å². The number of benzene rings is 1. The van der Waals surface area contributed by atoms with Crippen LogP contribution in [-0.4, -0.2) is 47.8 Å². The van der Waals surface area contributed by atoms with Crippen LogP contribution in [0.3, 0.4) is 0 Å². The molecule has 4 aliphatic rings. The second kappa shape index (κ2) is 6.97. The average Bonchev–Trinajstić information content (AvgIpc) is 3.16. The van der Waals surface area contributed by atoms with Gasteiger partial charge in [0.2, 0.25) is 11.8 Å². The summed E-state index contributed by atoms with van der Waals surface area (Å²) in [5.41, 5.74) is 2.71. The Morgan fingerprint density at radius 2 is 2.04 bits per heavy atom. The fourth-order valence-corrected chi connectivity index (χ4v) is 5.43. The highest BCUT2D eigenvalue weighted by atomic mass is 16.2. The summed E-state index contributed by atoms with van der Waals surface area (Å²) in [4.78, 5) is 38.4. The predicted octanol–water partition coefficient (Wildman–Crippen LogP) is 0.535. The molecular formula is C21H26N4O3. The molecule has 1 aliphatic carbocycles. The van der Waals surface area contributed by atoms with Crippen molar-refractivity contribution in [2.75, 3.05) is 13.1 Å². The Morgan fingerprint density at radius 3 is 2.86 bits per heavy atom. The third-order valence-corrected chi connectivity index (χ3v) is 6.83. The Balaban J connectivity index is 1.31. The van der Waals surface area contributed by atoms with Crippen LogP contribution in [-0.2, 0) is 22.7 Å². The number of nitrogens with one attached hydrogen (secondary N) is 3. The molecule has 0 spiro atoms. The van der Waals surface area contributed by atoms with Gasteiger partial charge in [-0.25, -0.2) is 0 Å². The molecule has 2 saturated heterocycles. The summed E-state index contributed by atoms with van der Waals surface area (Å²) in [5, 5.41) is 9.57. The fraction of sp³-hybridized carbons (Fsp3) is 0.571. The van der Waals surface area contributed by atoms with E-state index < -0.39 is 6.04 Å². The van der Waals surface area contributed by atoms with Gasteiger partial charge in [0.1, 0.15) is 6.04 Å². The average molecular weight is 382 g/mol. The van der Waals surface area contributed by atoms with Crippen LogP contribution in [0.4, 0.5) is 0 Å². The van der Waals surface area contributed by atoms with Crippen molar-refractivity contribution >= 4 is 17.7 Å². The van der Waals surface area contributed by atoms with Crippen molar-refractivity contribution in [3.05, 3.63) is 34.9 Å². The Labute approximate surface area is 164 Å². The molecule has 1 unspecified atom stereocenters. The standard InChI is InChI=1S/C21H26N4O3/c26-18-5-4-17(20(27)24-18)25-11-14-3-1-2-13(19(14)21(25)28)10-23-16-7-12-6-15(16)9-22-8-12/h1-3,12,15-17,22-23H,4-11H2,(H,24,26,27)/t12-,15-,16+,17?/m0/s1. The molecule has 1 saturated carbocycles. The number of amides is 3. The molecule has 4 atom stereocenters. The van der Waals surface area contributed by atoms with Gasteiger partial charge >= 0.3 is 0 Å². The van der Waals surface area contributed by atoms with Gasteiger partial charge in [-0.3, -0.25) is 19.7 Å². The van der Waals surface area contributed by atoms with Gasteiger partial charge in [-0.15, -0.1) is 0 Å². The molecule has 5 rings (SSSR count). The summed E-state index contributed by atoms with van der Waals surface area (Å²) in [6.45, 7) is 3.30. The van der Waals surface area contributed by atoms with Gasteiger partial charge in [0.05, 0.1) is 0 Å². The van der Waals surface area contributed by atoms with Gasteiger partial charge in [-0.1, -0.05) is 18.2 Å². The molecule has 3 amide bonds. The fourth-order valence-electron chi connectivity index (χ4n) is 5.43. The monoisotopic (exact) mass is 382 g/mol. The molecule has 3 fully saturated rings. The van der Waals surface area contributed by atoms with E-state index in [9.17, 15) is 14.4 Å². The Morgan fingerprint density at radius 1 is 1.14 bits per heavy atom. The summed E-state index contributed by atoms with van der Waals surface area (Å²) in [6, 6.07) is 5.91. The lowest BCUT2D eigenvalue weighted by molar-refractivity contribution is -0.136. The Bertz CT molecular complexity index is 839. The summed E-state index contributed by atoms with van der Waals surface area (Å²) in [7, 11) is 0. The third-order valence-electron chi connectivity index (χ3n) is 6.83. The van der Waals surface area contributed by atoms with Crippen LogP contribution in [0.2, 0.25) is 0 Å². The molecule has 7 heteroatoms. The van der Waals surface area contributed by atoms with E-state index in [-0.39, 0.29) is 24.1 Å². The van der Waals surface area contributed by atoms with E-state index in [0.29, 0.717) is 31.5 Å². The van der Waals surface area contributed by atoms with Crippen molar-refractivity contribution in [1.82, 2.24) is 20.9 Å². The number of hydrogen-bond acceptors (Lipinski definition) is 5. The van der Waals surface area contributed by atoms with Gasteiger partial charge < -0.3 is 15.5 Å². The summed E-state index contributed by atoms with van der Waals surface area (Å²) in [5.74, 6) is 0.733. The minimum absolute atomic E-state index is 0.0891. The number of carbonyl (C=O) groups excluding carboxylic acids is 3. The molecule has 2 bridgehead atoms. The molecule has 0 radical (unpaired) electrons. The van der Waals surface area contributed by atoms with Gasteiger partial charge in [-0.2, -0.15) is 0 Å². The molecule has 3 heterocycles. The van der Waals surface area contributed by atoms with Crippen LogP contribution in [0, 0.1) is 11.8 Å². The van der Waals surface area contributed by atoms with E-state index >= 15 is 0 Å². The molecule has 0 aromatic heterocycles. The number of carbonyl (C=O) groups is 3. The second-order valence-corrected chi connectivity index (χ2v) is 8.59. The number of fused-ring (bicyclic) bond motifs is 3. The Kier molecular flexibility index (Phi) is 4.44. The summed E-state index contributed by atoms with van der Waals surface area (Å²) in [6.07, 6.45) is 3.17. The number of nitrogens with zero attached hydrogens (tertiary/aromatic N) is 1. The molecule has 1 aromatic rings. The zero-order valence-corrected chi connectivity index (χ0v) is 15.9. The smallest absolute Gasteiger partial charge is 0.255 e. The quantitative estimate of drug-likeness (QED) is 0.661. The largest absolute Gasteiger partial charge is 0.322 e. The molecule has 3 N–H and O–H groups in total. The van der Waals surface area contributed by atoms with Crippen LogP contribution in [0.5, 0.6) is 0 Å². The number of piperidine rings is 2. The molecule has 3 aliphatic heterocycles. The van der Waals surface area contributed by atoms with Crippen LogP contribution >= 0.6 is 0 Å². The maximum absolute atomic E-state index is 13.1. The van der Waals surface area contributed by atoms with Gasteiger partial charge in [-0.05, 0) is 55.3 Å². The first-order chi connectivity index (χ1) is 13.6. The number of hydrogen-bond donors (Lipinski definition) is 3. The van der Waals surface area contributed by atoms with Gasteiger partial charge in [0, 0.05) is 31.1 Å². The first kappa shape index (κ1) is 17.8. The Hall–Kier alpha value is -2.25. The predicted molar refractivity (Wildman–Crippen MR) is 102 cm³/mol. The van der Waals surface area contributed by atoms with Crippen molar-refractivity contribution in [3.63, 3.8) is 0 Å². The number of rotatable bonds is 4.